The third-order valence-electron chi connectivity index (χ3n) is 4.43. The molecule has 1 atom stereocenters. The normalized spacial score (nSPS) is 22.5. The number of nitrogens with zero attached hydrogens (tertiary/aromatic N) is 1. The van der Waals surface area contributed by atoms with Gasteiger partial charge in [0, 0.05) is 11.3 Å². The van der Waals surface area contributed by atoms with Crippen molar-refractivity contribution >= 4 is 27.7 Å². The van der Waals surface area contributed by atoms with Gasteiger partial charge in [-0.3, -0.25) is 10.0 Å². The first-order chi connectivity index (χ1) is 11.7. The van der Waals surface area contributed by atoms with E-state index in [1.54, 1.807) is 41.5 Å². The predicted octanol–water partition coefficient (Wildman–Crippen LogP) is 2.56. The van der Waals surface area contributed by atoms with Crippen LogP contribution in [0.3, 0.4) is 0 Å². The van der Waals surface area contributed by atoms with E-state index >= 15 is 0 Å². The van der Waals surface area contributed by atoms with Crippen molar-refractivity contribution < 1.29 is 18.4 Å². The summed E-state index contributed by atoms with van der Waals surface area (Å²) in [4.78, 5) is 12.6. The van der Waals surface area contributed by atoms with E-state index in [1.165, 1.54) is 4.31 Å². The molecule has 25 heavy (non-hydrogen) atoms. The van der Waals surface area contributed by atoms with Crippen LogP contribution < -0.4 is 5.48 Å². The largest absolute Gasteiger partial charge is 0.289 e. The zero-order valence-corrected chi connectivity index (χ0v) is 16.5. The summed E-state index contributed by atoms with van der Waals surface area (Å²) < 4.78 is 27.1. The highest BCUT2D eigenvalue weighted by Crippen LogP contribution is 2.36. The number of amides is 1. The summed E-state index contributed by atoms with van der Waals surface area (Å²) in [7, 11) is -3.86. The van der Waals surface area contributed by atoms with Gasteiger partial charge in [-0.1, -0.05) is 24.1 Å². The van der Waals surface area contributed by atoms with Gasteiger partial charge in [-0.05, 0) is 51.5 Å². The smallest absolute Gasteiger partial charge is 0.263 e. The van der Waals surface area contributed by atoms with Crippen molar-refractivity contribution in [1.82, 2.24) is 9.79 Å². The van der Waals surface area contributed by atoms with E-state index in [0.29, 0.717) is 6.42 Å². The first-order valence-electron chi connectivity index (χ1n) is 8.36. The van der Waals surface area contributed by atoms with Gasteiger partial charge in [-0.25, -0.2) is 13.9 Å². The van der Waals surface area contributed by atoms with Crippen LogP contribution in [0.2, 0.25) is 0 Å². The number of rotatable bonds is 3. The molecular formula is C17H26N2O4S2. The van der Waals surface area contributed by atoms with Crippen molar-refractivity contribution in [3.8, 4) is 0 Å². The van der Waals surface area contributed by atoms with Gasteiger partial charge in [0.1, 0.15) is 6.04 Å². The van der Waals surface area contributed by atoms with E-state index in [2.05, 4.69) is 0 Å². The number of hydrogen-bond acceptors (Lipinski definition) is 5. The fourth-order valence-corrected chi connectivity index (χ4v) is 6.14. The lowest BCUT2D eigenvalue weighted by Gasteiger charge is -2.38. The van der Waals surface area contributed by atoms with Crippen LogP contribution in [0.4, 0.5) is 0 Å². The zero-order chi connectivity index (χ0) is 18.7. The second kappa shape index (κ2) is 8.07. The van der Waals surface area contributed by atoms with E-state index in [0.717, 1.165) is 24.2 Å². The molecule has 2 rings (SSSR count). The molecule has 1 aliphatic rings. The number of hydroxylamine groups is 1. The molecule has 0 spiro atoms. The maximum atomic E-state index is 13.2. The second-order valence-corrected chi connectivity index (χ2v) is 10.5. The Bertz CT molecular complexity index is 702. The van der Waals surface area contributed by atoms with Crippen LogP contribution in [0.25, 0.3) is 0 Å². The molecule has 8 heteroatoms. The lowest BCUT2D eigenvalue weighted by atomic mass is 10.0. The van der Waals surface area contributed by atoms with Crippen molar-refractivity contribution in [2.24, 2.45) is 0 Å². The molecule has 0 bridgehead atoms. The molecule has 140 valence electrons. The Balaban J connectivity index is 2.53. The minimum Gasteiger partial charge on any atom is -0.289 e. The monoisotopic (exact) mass is 386 g/mol. The molecule has 2 N–H and O–H groups in total. The summed E-state index contributed by atoms with van der Waals surface area (Å²) in [5.74, 6) is 0.149. The van der Waals surface area contributed by atoms with Gasteiger partial charge in [0.05, 0.1) is 4.90 Å². The number of hydrogen-bond donors (Lipinski definition) is 2. The number of nitrogens with one attached hydrogen (secondary N) is 1. The summed E-state index contributed by atoms with van der Waals surface area (Å²) in [5.41, 5.74) is 2.63. The molecular weight excluding hydrogens is 360 g/mol. The molecule has 1 aromatic carbocycles. The van der Waals surface area contributed by atoms with Crippen LogP contribution in [0.15, 0.2) is 29.2 Å². The Morgan fingerprint density at radius 2 is 1.88 bits per heavy atom. The van der Waals surface area contributed by atoms with Gasteiger partial charge in [0.15, 0.2) is 0 Å². The molecule has 1 unspecified atom stereocenters. The van der Waals surface area contributed by atoms with Gasteiger partial charge in [0.2, 0.25) is 10.0 Å². The average Bonchev–Trinajstić information content (AvgIpc) is 2.63. The Hall–Kier alpha value is -1.09. The predicted molar refractivity (Wildman–Crippen MR) is 99.2 cm³/mol. The topological polar surface area (TPSA) is 86.7 Å². The van der Waals surface area contributed by atoms with E-state index in [4.69, 9.17) is 0 Å². The Morgan fingerprint density at radius 1 is 1.24 bits per heavy atom. The second-order valence-electron chi connectivity index (χ2n) is 6.82. The molecule has 0 saturated carbocycles. The fourth-order valence-electron chi connectivity index (χ4n) is 3.05. The lowest BCUT2D eigenvalue weighted by molar-refractivity contribution is -0.134. The van der Waals surface area contributed by atoms with Gasteiger partial charge in [0.25, 0.3) is 5.91 Å². The minimum absolute atomic E-state index is 0.161. The summed E-state index contributed by atoms with van der Waals surface area (Å²) in [6, 6.07) is 5.61. The molecule has 1 aliphatic heterocycles. The van der Waals surface area contributed by atoms with Crippen LogP contribution in [0.5, 0.6) is 0 Å². The Labute approximate surface area is 154 Å². The molecule has 0 aromatic heterocycles. The lowest BCUT2D eigenvalue weighted by Crippen LogP contribution is -2.58. The van der Waals surface area contributed by atoms with E-state index in [9.17, 15) is 18.4 Å². The van der Waals surface area contributed by atoms with Crippen molar-refractivity contribution in [2.75, 3.05) is 12.3 Å². The van der Waals surface area contributed by atoms with Crippen LogP contribution >= 0.6 is 11.8 Å². The zero-order valence-electron chi connectivity index (χ0n) is 14.9. The molecule has 1 saturated heterocycles. The Kier molecular flexibility index (Phi) is 6.53. The summed E-state index contributed by atoms with van der Waals surface area (Å²) in [6.45, 7) is 5.83. The SMILES string of the molecule is Cc1ccc(S(=O)(=O)N2CCCCCSC(C)(C)C2C(=O)NO)cc1. The molecule has 0 aliphatic carbocycles. The molecule has 1 heterocycles. The van der Waals surface area contributed by atoms with Gasteiger partial charge < -0.3 is 0 Å². The first kappa shape index (κ1) is 20.2. The molecule has 0 radical (unpaired) electrons. The third kappa shape index (κ3) is 4.55. The third-order valence-corrected chi connectivity index (χ3v) is 7.77. The standard InChI is InChI=1S/C17H26N2O4S2/c1-13-7-9-14(10-8-13)25(22,23)19-11-5-4-6-12-24-17(2,3)15(19)16(20)18-21/h7-10,15,21H,4-6,11-12H2,1-3H3,(H,18,20). The number of aryl methyl sites for hydroxylation is 1. The van der Waals surface area contributed by atoms with Crippen molar-refractivity contribution in [3.63, 3.8) is 0 Å². The summed E-state index contributed by atoms with van der Waals surface area (Å²) >= 11 is 1.56. The molecule has 1 amide bonds. The van der Waals surface area contributed by atoms with Crippen molar-refractivity contribution in [2.45, 2.75) is 55.7 Å². The average molecular weight is 387 g/mol. The molecule has 1 fully saturated rings. The van der Waals surface area contributed by atoms with Gasteiger partial charge in [-0.15, -0.1) is 0 Å². The number of carbonyl (C=O) groups is 1. The highest BCUT2D eigenvalue weighted by atomic mass is 32.2. The van der Waals surface area contributed by atoms with Crippen LogP contribution in [-0.4, -0.2) is 46.9 Å². The van der Waals surface area contributed by atoms with Crippen LogP contribution in [-0.2, 0) is 14.8 Å². The van der Waals surface area contributed by atoms with E-state index in [-0.39, 0.29) is 11.4 Å². The first-order valence-corrected chi connectivity index (χ1v) is 10.8. The quantitative estimate of drug-likeness (QED) is 0.616. The van der Waals surface area contributed by atoms with Gasteiger partial charge in [-0.2, -0.15) is 16.1 Å². The molecule has 6 nitrogen and oxygen atoms in total. The maximum absolute atomic E-state index is 13.2. The number of sulfonamides is 1. The highest BCUT2D eigenvalue weighted by molar-refractivity contribution is 8.00. The molecule has 1 aromatic rings. The van der Waals surface area contributed by atoms with Crippen molar-refractivity contribution in [3.05, 3.63) is 29.8 Å². The number of benzene rings is 1. The Morgan fingerprint density at radius 3 is 2.48 bits per heavy atom. The van der Waals surface area contributed by atoms with E-state index in [1.807, 2.05) is 20.8 Å². The van der Waals surface area contributed by atoms with Crippen molar-refractivity contribution in [1.29, 1.82) is 0 Å². The number of thioether (sulfide) groups is 1. The number of carbonyl (C=O) groups excluding carboxylic acids is 1. The summed E-state index contributed by atoms with van der Waals surface area (Å²) in [6.07, 6.45) is 2.55. The summed E-state index contributed by atoms with van der Waals surface area (Å²) in [5, 5.41) is 9.21. The van der Waals surface area contributed by atoms with Crippen LogP contribution in [0.1, 0.15) is 38.7 Å². The van der Waals surface area contributed by atoms with Crippen LogP contribution in [0, 0.1) is 6.92 Å². The van der Waals surface area contributed by atoms with E-state index < -0.39 is 26.7 Å². The van der Waals surface area contributed by atoms with Gasteiger partial charge >= 0.3 is 0 Å². The minimum atomic E-state index is -3.86. The maximum Gasteiger partial charge on any atom is 0.263 e. The highest BCUT2D eigenvalue weighted by Gasteiger charge is 2.45. The fraction of sp³-hybridized carbons (Fsp3) is 0.588.